The van der Waals surface area contributed by atoms with Gasteiger partial charge in [-0.15, -0.1) is 0 Å². The van der Waals surface area contributed by atoms with Crippen molar-refractivity contribution in [2.45, 2.75) is 24.7 Å². The molecule has 18 heteroatoms. The van der Waals surface area contributed by atoms with Crippen molar-refractivity contribution in [2.75, 3.05) is 0 Å². The molecule has 13 aromatic rings. The van der Waals surface area contributed by atoms with Crippen LogP contribution in [0.5, 0.6) is 0 Å². The number of halogens is 12. The lowest BCUT2D eigenvalue weighted by Gasteiger charge is -2.13. The second kappa shape index (κ2) is 17.5. The summed E-state index contributed by atoms with van der Waals surface area (Å²) < 4.78 is 177. The quantitative estimate of drug-likeness (QED) is 0.156. The fourth-order valence-electron chi connectivity index (χ4n) is 10.6. The Kier molecular flexibility index (Phi) is 10.9. The van der Waals surface area contributed by atoms with E-state index in [1.807, 2.05) is 65.2 Å². The first-order valence-corrected chi connectivity index (χ1v) is 24.2. The molecule has 0 saturated carbocycles. The van der Waals surface area contributed by atoms with E-state index in [1.165, 1.54) is 33.4 Å². The highest BCUT2D eigenvalue weighted by Crippen LogP contribution is 2.44. The normalized spacial score (nSPS) is 12.8. The maximum absolute atomic E-state index is 14.4. The Bertz CT molecular complexity index is 4180. The van der Waals surface area contributed by atoms with Crippen LogP contribution in [0.4, 0.5) is 52.7 Å². The van der Waals surface area contributed by atoms with Crippen LogP contribution in [0.3, 0.4) is 0 Å². The number of nitrogens with zero attached hydrogens (tertiary/aromatic N) is 6. The summed E-state index contributed by atoms with van der Waals surface area (Å²) in [7, 11) is 0. The maximum atomic E-state index is 14.4. The molecule has 390 valence electrons. The first-order valence-electron chi connectivity index (χ1n) is 24.2. The molecule has 4 heterocycles. The lowest BCUT2D eigenvalue weighted by molar-refractivity contribution is -0.138. The molecule has 0 spiro atoms. The van der Waals surface area contributed by atoms with Crippen LogP contribution in [0.2, 0.25) is 0 Å². The summed E-state index contributed by atoms with van der Waals surface area (Å²) in [6.45, 7) is 0. The third-order valence-electron chi connectivity index (χ3n) is 14.2. The van der Waals surface area contributed by atoms with Crippen molar-refractivity contribution in [1.29, 1.82) is 0 Å². The predicted octanol–water partition coefficient (Wildman–Crippen LogP) is 18.2. The monoisotopic (exact) mass is 1080 g/mol. The molecule has 0 unspecified atom stereocenters. The third kappa shape index (κ3) is 8.36. The molecule has 0 aliphatic rings. The van der Waals surface area contributed by atoms with Gasteiger partial charge in [0.25, 0.3) is 0 Å². The molecule has 4 aromatic heterocycles. The lowest BCUT2D eigenvalue weighted by atomic mass is 10.1. The number of alkyl halides is 12. The van der Waals surface area contributed by atoms with Gasteiger partial charge in [0.1, 0.15) is 0 Å². The van der Waals surface area contributed by atoms with Crippen LogP contribution in [-0.4, -0.2) is 28.7 Å². The van der Waals surface area contributed by atoms with Gasteiger partial charge in [0.2, 0.25) is 0 Å². The molecule has 0 atom stereocenters. The highest BCUT2D eigenvalue weighted by molar-refractivity contribution is 6.14. The highest BCUT2D eigenvalue weighted by atomic mass is 19.4. The van der Waals surface area contributed by atoms with Crippen molar-refractivity contribution < 1.29 is 52.7 Å². The van der Waals surface area contributed by atoms with Gasteiger partial charge in [-0.1, -0.05) is 84.9 Å². The molecular weight excluding hydrogens is 1040 g/mol. The Labute approximate surface area is 437 Å². The van der Waals surface area contributed by atoms with E-state index in [2.05, 4.69) is 0 Å². The number of fused-ring (bicyclic) bond motifs is 9. The van der Waals surface area contributed by atoms with Crippen molar-refractivity contribution in [2.24, 2.45) is 0 Å². The average molecular weight is 1080 g/mol. The van der Waals surface area contributed by atoms with Gasteiger partial charge in [0.15, 0.2) is 17.5 Å². The first kappa shape index (κ1) is 49.1. The zero-order chi connectivity index (χ0) is 54.9. The van der Waals surface area contributed by atoms with E-state index in [0.717, 1.165) is 59.7 Å². The van der Waals surface area contributed by atoms with Crippen molar-refractivity contribution in [1.82, 2.24) is 28.7 Å². The predicted molar refractivity (Wildman–Crippen MR) is 279 cm³/mol. The number of rotatable bonds is 6. The summed E-state index contributed by atoms with van der Waals surface area (Å²) in [5.41, 5.74) is -0.577. The lowest BCUT2D eigenvalue weighted by Crippen LogP contribution is -2.05. The molecule has 0 radical (unpaired) electrons. The summed E-state index contributed by atoms with van der Waals surface area (Å²) >= 11 is 0. The minimum atomic E-state index is -4.83. The Morgan fingerprint density at radius 2 is 0.519 bits per heavy atom. The standard InChI is InChI=1S/C61H32F12N6/c62-58(63,64)36-13-21-43-44-22-14-37(59(65,66)67)28-52(44)78(51(43)27-36)41-19-25-49-47(31-41)48-32-42(79-53-29-38(60(68,69)70)15-23-45(53)46-24-16-39(30-54(46)79)61(71,72)73)20-26-50(48)77(49)40-17-11-35(12-18-40)57-75-55(33-7-3-1-4-8-33)74-56(76-57)34-9-5-2-6-10-34/h1-32H. The SMILES string of the molecule is FC(F)(F)c1ccc2c3ccc(C(F)(F)F)cc3n(-c3ccc4c(c3)c3cc(-n5c6cc(C(F)(F)F)ccc6c6ccc(C(F)(F)F)cc65)ccc3n4-c3ccc(-c4nc(-c5ccccc5)nc(-c5ccccc5)n4)cc3)c2c1. The smallest absolute Gasteiger partial charge is 0.309 e. The molecule has 13 rings (SSSR count). The molecule has 0 bridgehead atoms. The summed E-state index contributed by atoms with van der Waals surface area (Å²) in [6, 6.07) is 47.1. The molecule has 0 fully saturated rings. The van der Waals surface area contributed by atoms with Crippen molar-refractivity contribution >= 4 is 65.4 Å². The van der Waals surface area contributed by atoms with Crippen LogP contribution in [0.1, 0.15) is 22.3 Å². The van der Waals surface area contributed by atoms with E-state index in [9.17, 15) is 52.7 Å². The fourth-order valence-corrected chi connectivity index (χ4v) is 10.6. The molecule has 0 aliphatic carbocycles. The number of benzene rings is 9. The molecule has 0 saturated heterocycles. The number of hydrogen-bond donors (Lipinski definition) is 0. The fraction of sp³-hybridized carbons (Fsp3) is 0.0656. The summed E-state index contributed by atoms with van der Waals surface area (Å²) in [4.78, 5) is 14.5. The van der Waals surface area contributed by atoms with Crippen LogP contribution in [-0.2, 0) is 24.7 Å². The molecule has 9 aromatic carbocycles. The Balaban J connectivity index is 1.07. The largest absolute Gasteiger partial charge is 0.416 e. The van der Waals surface area contributed by atoms with Crippen LogP contribution in [0.25, 0.3) is 117 Å². The first-order chi connectivity index (χ1) is 37.7. The van der Waals surface area contributed by atoms with Gasteiger partial charge in [0.05, 0.1) is 55.4 Å². The van der Waals surface area contributed by atoms with Crippen molar-refractivity contribution in [3.05, 3.63) is 216 Å². The van der Waals surface area contributed by atoms with Crippen LogP contribution in [0, 0.1) is 0 Å². The topological polar surface area (TPSA) is 53.5 Å². The second-order valence-corrected chi connectivity index (χ2v) is 18.9. The molecule has 0 amide bonds. The van der Waals surface area contributed by atoms with Crippen molar-refractivity contribution in [3.63, 3.8) is 0 Å². The van der Waals surface area contributed by atoms with Gasteiger partial charge in [-0.25, -0.2) is 15.0 Å². The van der Waals surface area contributed by atoms with Crippen LogP contribution >= 0.6 is 0 Å². The number of hydrogen-bond acceptors (Lipinski definition) is 3. The van der Waals surface area contributed by atoms with Gasteiger partial charge >= 0.3 is 24.7 Å². The van der Waals surface area contributed by atoms with E-state index < -0.39 is 47.0 Å². The Morgan fingerprint density at radius 3 is 0.823 bits per heavy atom. The van der Waals surface area contributed by atoms with Gasteiger partial charge in [-0.2, -0.15) is 52.7 Å². The summed E-state index contributed by atoms with van der Waals surface area (Å²) in [6.07, 6.45) is -19.3. The summed E-state index contributed by atoms with van der Waals surface area (Å²) in [5.74, 6) is 1.18. The number of aromatic nitrogens is 6. The Hall–Kier alpha value is -9.45. The zero-order valence-electron chi connectivity index (χ0n) is 40.2. The van der Waals surface area contributed by atoms with Crippen molar-refractivity contribution in [3.8, 4) is 51.2 Å². The van der Waals surface area contributed by atoms with Gasteiger partial charge in [0, 0.05) is 66.1 Å². The molecule has 0 aliphatic heterocycles. The second-order valence-electron chi connectivity index (χ2n) is 18.9. The molecular formula is C61H32F12N6. The van der Waals surface area contributed by atoms with Gasteiger partial charge in [-0.05, 0) is 109 Å². The van der Waals surface area contributed by atoms with E-state index in [4.69, 9.17) is 15.0 Å². The molecule has 6 nitrogen and oxygen atoms in total. The van der Waals surface area contributed by atoms with E-state index in [1.54, 1.807) is 60.7 Å². The van der Waals surface area contributed by atoms with E-state index in [-0.39, 0.29) is 55.0 Å². The van der Waals surface area contributed by atoms with Crippen LogP contribution in [0.15, 0.2) is 194 Å². The highest BCUT2D eigenvalue weighted by Gasteiger charge is 2.35. The van der Waals surface area contributed by atoms with Gasteiger partial charge in [-0.3, -0.25) is 0 Å². The van der Waals surface area contributed by atoms with E-state index in [0.29, 0.717) is 50.5 Å². The minimum Gasteiger partial charge on any atom is -0.309 e. The maximum Gasteiger partial charge on any atom is 0.416 e. The Morgan fingerprint density at radius 1 is 0.241 bits per heavy atom. The third-order valence-corrected chi connectivity index (χ3v) is 14.2. The summed E-state index contributed by atoms with van der Waals surface area (Å²) in [5, 5.41) is 1.67. The van der Waals surface area contributed by atoms with E-state index >= 15 is 0 Å². The van der Waals surface area contributed by atoms with Gasteiger partial charge < -0.3 is 13.7 Å². The molecule has 0 N–H and O–H groups in total. The minimum absolute atomic E-state index is 0.0566. The van der Waals surface area contributed by atoms with Crippen LogP contribution < -0.4 is 0 Å². The zero-order valence-corrected chi connectivity index (χ0v) is 40.2. The molecule has 79 heavy (non-hydrogen) atoms. The average Bonchev–Trinajstić information content (AvgIpc) is 4.11.